The van der Waals surface area contributed by atoms with E-state index >= 15 is 0 Å². The van der Waals surface area contributed by atoms with Gasteiger partial charge in [-0.1, -0.05) is 0 Å². The molecular formula is C22H25N3O2. The second-order valence-corrected chi connectivity index (χ2v) is 6.94. The van der Waals surface area contributed by atoms with Gasteiger partial charge in [0.15, 0.2) is 0 Å². The van der Waals surface area contributed by atoms with E-state index in [9.17, 15) is 0 Å². The van der Waals surface area contributed by atoms with E-state index in [0.29, 0.717) is 5.82 Å². The van der Waals surface area contributed by atoms with Gasteiger partial charge in [0.1, 0.15) is 28.7 Å². The van der Waals surface area contributed by atoms with Crippen LogP contribution in [0.3, 0.4) is 0 Å². The quantitative estimate of drug-likeness (QED) is 0.611. The number of rotatable bonds is 6. The van der Waals surface area contributed by atoms with Gasteiger partial charge in [-0.3, -0.25) is 0 Å². The molecule has 3 rings (SSSR count). The Balaban J connectivity index is 1.96. The Morgan fingerprint density at radius 2 is 1.07 bits per heavy atom. The molecule has 3 aromatic rings. The van der Waals surface area contributed by atoms with Crippen molar-refractivity contribution in [1.29, 1.82) is 0 Å². The van der Waals surface area contributed by atoms with Crippen LogP contribution in [-0.4, -0.2) is 27.4 Å². The number of hydrogen-bond acceptors (Lipinski definition) is 5. The molecule has 2 aromatic carbocycles. The largest absolute Gasteiger partial charge is 0.491 e. The first kappa shape index (κ1) is 18.8. The minimum atomic E-state index is 0.138. The van der Waals surface area contributed by atoms with Gasteiger partial charge in [0.2, 0.25) is 0 Å². The Morgan fingerprint density at radius 1 is 0.630 bits per heavy atom. The Morgan fingerprint density at radius 3 is 1.52 bits per heavy atom. The van der Waals surface area contributed by atoms with Crippen molar-refractivity contribution in [3.63, 3.8) is 0 Å². The molecule has 0 amide bonds. The minimum Gasteiger partial charge on any atom is -0.491 e. The van der Waals surface area contributed by atoms with Crippen LogP contribution in [0.4, 0.5) is 0 Å². The minimum absolute atomic E-state index is 0.138. The summed E-state index contributed by atoms with van der Waals surface area (Å²) in [6, 6.07) is 15.8. The van der Waals surface area contributed by atoms with Crippen LogP contribution in [-0.2, 0) is 0 Å². The first-order valence-corrected chi connectivity index (χ1v) is 9.18. The third kappa shape index (κ3) is 4.82. The summed E-state index contributed by atoms with van der Waals surface area (Å²) in [5, 5.41) is 8.55. The zero-order valence-electron chi connectivity index (χ0n) is 16.4. The van der Waals surface area contributed by atoms with Crippen LogP contribution in [0.15, 0.2) is 48.5 Å². The van der Waals surface area contributed by atoms with Crippen LogP contribution in [0.2, 0.25) is 0 Å². The van der Waals surface area contributed by atoms with Crippen molar-refractivity contribution < 1.29 is 9.47 Å². The van der Waals surface area contributed by atoms with Gasteiger partial charge < -0.3 is 9.47 Å². The van der Waals surface area contributed by atoms with Crippen LogP contribution < -0.4 is 9.47 Å². The summed E-state index contributed by atoms with van der Waals surface area (Å²) in [4.78, 5) is 4.64. The Hall–Kier alpha value is -2.95. The van der Waals surface area contributed by atoms with Gasteiger partial charge >= 0.3 is 0 Å². The number of nitrogens with zero attached hydrogens (tertiary/aromatic N) is 3. The maximum Gasteiger partial charge on any atom is 0.148 e. The molecule has 0 bridgehead atoms. The molecule has 5 nitrogen and oxygen atoms in total. The first-order chi connectivity index (χ1) is 12.9. The SMILES string of the molecule is Cc1nnc(-c2ccc(OC(C)C)cc2)c(-c2ccc(OC(C)C)cc2)n1. The molecule has 1 aromatic heterocycles. The molecule has 0 aliphatic rings. The lowest BCUT2D eigenvalue weighted by molar-refractivity contribution is 0.242. The number of hydrogen-bond donors (Lipinski definition) is 0. The van der Waals surface area contributed by atoms with Crippen molar-refractivity contribution in [3.8, 4) is 34.0 Å². The molecule has 0 unspecified atom stereocenters. The van der Waals surface area contributed by atoms with E-state index < -0.39 is 0 Å². The van der Waals surface area contributed by atoms with Gasteiger partial charge in [0, 0.05) is 11.1 Å². The Kier molecular flexibility index (Phi) is 5.69. The molecule has 5 heteroatoms. The van der Waals surface area contributed by atoms with E-state index in [1.165, 1.54) is 0 Å². The van der Waals surface area contributed by atoms with Crippen LogP contribution in [0, 0.1) is 6.92 Å². The first-order valence-electron chi connectivity index (χ1n) is 9.18. The van der Waals surface area contributed by atoms with Crippen molar-refractivity contribution in [3.05, 3.63) is 54.4 Å². The highest BCUT2D eigenvalue weighted by Crippen LogP contribution is 2.30. The molecule has 0 spiro atoms. The second-order valence-electron chi connectivity index (χ2n) is 6.94. The summed E-state index contributed by atoms with van der Waals surface area (Å²) in [6.45, 7) is 9.88. The zero-order chi connectivity index (χ0) is 19.4. The summed E-state index contributed by atoms with van der Waals surface area (Å²) in [5.41, 5.74) is 3.47. The van der Waals surface area contributed by atoms with Crippen LogP contribution in [0.1, 0.15) is 33.5 Å². The van der Waals surface area contributed by atoms with Crippen molar-refractivity contribution in [2.45, 2.75) is 46.8 Å². The highest BCUT2D eigenvalue weighted by atomic mass is 16.5. The monoisotopic (exact) mass is 363 g/mol. The smallest absolute Gasteiger partial charge is 0.148 e. The molecular weight excluding hydrogens is 338 g/mol. The number of benzene rings is 2. The summed E-state index contributed by atoms with van der Waals surface area (Å²) in [6.07, 6.45) is 0.278. The topological polar surface area (TPSA) is 57.1 Å². The second kappa shape index (κ2) is 8.16. The molecule has 0 N–H and O–H groups in total. The van der Waals surface area contributed by atoms with Gasteiger partial charge in [-0.05, 0) is 83.1 Å². The third-order valence-corrected chi connectivity index (χ3v) is 3.79. The van der Waals surface area contributed by atoms with Crippen LogP contribution >= 0.6 is 0 Å². The highest BCUT2D eigenvalue weighted by Gasteiger charge is 2.13. The van der Waals surface area contributed by atoms with E-state index in [-0.39, 0.29) is 12.2 Å². The average molecular weight is 363 g/mol. The van der Waals surface area contributed by atoms with Crippen LogP contribution in [0.25, 0.3) is 22.5 Å². The standard InChI is InChI=1S/C22H25N3O2/c1-14(2)26-19-10-6-17(7-11-19)21-22(25-24-16(5)23-21)18-8-12-20(13-9-18)27-15(3)4/h6-15H,1-5H3. The lowest BCUT2D eigenvalue weighted by atomic mass is 10.0. The van der Waals surface area contributed by atoms with E-state index in [2.05, 4.69) is 15.2 Å². The molecule has 27 heavy (non-hydrogen) atoms. The molecule has 0 aliphatic heterocycles. The molecule has 140 valence electrons. The lowest BCUT2D eigenvalue weighted by Crippen LogP contribution is -2.05. The Bertz CT molecular complexity index is 888. The fourth-order valence-electron chi connectivity index (χ4n) is 2.73. The summed E-state index contributed by atoms with van der Waals surface area (Å²) in [5.74, 6) is 2.30. The van der Waals surface area contributed by atoms with Crippen molar-refractivity contribution >= 4 is 0 Å². The molecule has 0 radical (unpaired) electrons. The molecule has 0 saturated carbocycles. The molecule has 0 atom stereocenters. The average Bonchev–Trinajstić information content (AvgIpc) is 2.62. The molecule has 0 fully saturated rings. The fourth-order valence-corrected chi connectivity index (χ4v) is 2.73. The maximum atomic E-state index is 5.73. The highest BCUT2D eigenvalue weighted by molar-refractivity contribution is 5.77. The summed E-state index contributed by atoms with van der Waals surface area (Å²) in [7, 11) is 0. The van der Waals surface area contributed by atoms with Gasteiger partial charge in [-0.2, -0.15) is 0 Å². The fraction of sp³-hybridized carbons (Fsp3) is 0.318. The van der Waals surface area contributed by atoms with Crippen molar-refractivity contribution in [1.82, 2.24) is 15.2 Å². The van der Waals surface area contributed by atoms with E-state index in [1.54, 1.807) is 0 Å². The third-order valence-electron chi connectivity index (χ3n) is 3.79. The Labute approximate surface area is 160 Å². The normalized spacial score (nSPS) is 11.1. The predicted octanol–water partition coefficient (Wildman–Crippen LogP) is 5.09. The van der Waals surface area contributed by atoms with Gasteiger partial charge in [-0.25, -0.2) is 4.98 Å². The van der Waals surface area contributed by atoms with E-state index in [1.807, 2.05) is 83.1 Å². The molecule has 0 saturated heterocycles. The summed E-state index contributed by atoms with van der Waals surface area (Å²) >= 11 is 0. The van der Waals surface area contributed by atoms with Crippen molar-refractivity contribution in [2.24, 2.45) is 0 Å². The predicted molar refractivity (Wildman–Crippen MR) is 107 cm³/mol. The van der Waals surface area contributed by atoms with Gasteiger partial charge in [-0.15, -0.1) is 10.2 Å². The zero-order valence-corrected chi connectivity index (χ0v) is 16.4. The molecule has 0 aliphatic carbocycles. The van der Waals surface area contributed by atoms with E-state index in [4.69, 9.17) is 9.47 Å². The van der Waals surface area contributed by atoms with Crippen molar-refractivity contribution in [2.75, 3.05) is 0 Å². The molecule has 1 heterocycles. The van der Waals surface area contributed by atoms with Crippen LogP contribution in [0.5, 0.6) is 11.5 Å². The van der Waals surface area contributed by atoms with E-state index in [0.717, 1.165) is 34.0 Å². The maximum absolute atomic E-state index is 5.73. The van der Waals surface area contributed by atoms with Gasteiger partial charge in [0.05, 0.1) is 12.2 Å². The number of aromatic nitrogens is 3. The lowest BCUT2D eigenvalue weighted by Gasteiger charge is -2.12. The summed E-state index contributed by atoms with van der Waals surface area (Å²) < 4.78 is 11.4. The number of aryl methyl sites for hydroxylation is 1. The number of ether oxygens (including phenoxy) is 2. The van der Waals surface area contributed by atoms with Gasteiger partial charge in [0.25, 0.3) is 0 Å².